The van der Waals surface area contributed by atoms with Crippen LogP contribution >= 0.6 is 0 Å². The largest absolute Gasteiger partial charge is 0.326 e. The van der Waals surface area contributed by atoms with E-state index in [-0.39, 0.29) is 5.91 Å². The Morgan fingerprint density at radius 2 is 1.61 bits per heavy atom. The van der Waals surface area contributed by atoms with Crippen molar-refractivity contribution in [3.63, 3.8) is 0 Å². The summed E-state index contributed by atoms with van der Waals surface area (Å²) < 4.78 is 0. The van der Waals surface area contributed by atoms with Gasteiger partial charge in [0.2, 0.25) is 11.7 Å². The van der Waals surface area contributed by atoms with E-state index in [2.05, 4.69) is 45.0 Å². The Hall–Kier alpha value is -2.50. The Balaban J connectivity index is 1.44. The first-order valence-electron chi connectivity index (χ1n) is 12.1. The van der Waals surface area contributed by atoms with Crippen LogP contribution in [0, 0.1) is 0 Å². The lowest BCUT2D eigenvalue weighted by atomic mass is 10.1. The fraction of sp³-hybridized carbons (Fsp3) is 0.600. The fourth-order valence-electron chi connectivity index (χ4n) is 3.60. The lowest BCUT2D eigenvalue weighted by Crippen LogP contribution is -2.11. The van der Waals surface area contributed by atoms with Gasteiger partial charge in [0, 0.05) is 17.7 Å². The molecule has 1 aromatic carbocycles. The molecular formula is C25H39N5O. The first-order valence-corrected chi connectivity index (χ1v) is 12.1. The summed E-state index contributed by atoms with van der Waals surface area (Å²) in [6.07, 6.45) is 21.7. The van der Waals surface area contributed by atoms with Gasteiger partial charge in [-0.15, -0.1) is 10.2 Å². The van der Waals surface area contributed by atoms with Gasteiger partial charge in [-0.05, 0) is 49.5 Å². The third-order valence-corrected chi connectivity index (χ3v) is 5.42. The second kappa shape index (κ2) is 16.2. The molecule has 0 fully saturated rings. The number of anilines is 1. The van der Waals surface area contributed by atoms with Crippen LogP contribution in [0.25, 0.3) is 11.4 Å². The molecule has 31 heavy (non-hydrogen) atoms. The zero-order valence-electron chi connectivity index (χ0n) is 19.1. The number of hydrogen-bond acceptors (Lipinski definition) is 4. The highest BCUT2D eigenvalue weighted by Gasteiger charge is 2.06. The van der Waals surface area contributed by atoms with Crippen molar-refractivity contribution in [1.29, 1.82) is 0 Å². The maximum absolute atomic E-state index is 12.2. The van der Waals surface area contributed by atoms with Crippen LogP contribution in [0.15, 0.2) is 36.4 Å². The van der Waals surface area contributed by atoms with Gasteiger partial charge in [-0.3, -0.25) is 4.79 Å². The van der Waals surface area contributed by atoms with E-state index in [1.807, 2.05) is 24.3 Å². The van der Waals surface area contributed by atoms with Crippen molar-refractivity contribution in [2.45, 2.75) is 96.8 Å². The van der Waals surface area contributed by atoms with E-state index >= 15 is 0 Å². The number of carbonyl (C=O) groups excluding carboxylic acids is 1. The van der Waals surface area contributed by atoms with Crippen LogP contribution in [-0.2, 0) is 4.79 Å². The molecule has 0 aliphatic heterocycles. The Bertz CT molecular complexity index is 742. The Morgan fingerprint density at radius 1 is 0.935 bits per heavy atom. The normalized spacial score (nSPS) is 11.3. The highest BCUT2D eigenvalue weighted by molar-refractivity contribution is 5.91. The molecule has 1 aromatic heterocycles. The van der Waals surface area contributed by atoms with Crippen molar-refractivity contribution in [2.24, 2.45) is 0 Å². The minimum absolute atomic E-state index is 0.0582. The number of nitrogens with zero attached hydrogens (tertiary/aromatic N) is 3. The van der Waals surface area contributed by atoms with Gasteiger partial charge in [-0.25, -0.2) is 0 Å². The molecule has 0 unspecified atom stereocenters. The minimum Gasteiger partial charge on any atom is -0.326 e. The number of hydrogen-bond donors (Lipinski definition) is 2. The molecule has 0 atom stereocenters. The summed E-state index contributed by atoms with van der Waals surface area (Å²) in [5.74, 6) is 0.580. The van der Waals surface area contributed by atoms with Crippen LogP contribution in [0.5, 0.6) is 0 Å². The van der Waals surface area contributed by atoms with E-state index in [1.54, 1.807) is 0 Å². The lowest BCUT2D eigenvalue weighted by Gasteiger charge is -2.06. The summed E-state index contributed by atoms with van der Waals surface area (Å²) in [5, 5.41) is 16.9. The average Bonchev–Trinajstić information content (AvgIpc) is 3.32. The van der Waals surface area contributed by atoms with Gasteiger partial charge in [0.25, 0.3) is 0 Å². The van der Waals surface area contributed by atoms with Crippen molar-refractivity contribution in [2.75, 3.05) is 5.32 Å². The Kier molecular flexibility index (Phi) is 13.0. The molecule has 0 saturated heterocycles. The second-order valence-corrected chi connectivity index (χ2v) is 8.20. The summed E-state index contributed by atoms with van der Waals surface area (Å²) in [6.45, 7) is 2.26. The monoisotopic (exact) mass is 425 g/mol. The standard InChI is InChI=1S/C25H39N5O/c1-2-3-4-5-6-7-8-9-10-11-12-13-14-15-16-20-24(31)26-23-19-17-18-22(21-23)25-27-29-30-28-25/h9-10,17-19,21H,2-8,11-16,20H2,1H3,(H,26,31)(H,27,28,29,30)/b10-9-. The number of allylic oxidation sites excluding steroid dienone is 2. The Labute approximate surface area is 187 Å². The highest BCUT2D eigenvalue weighted by atomic mass is 16.1. The number of amides is 1. The molecule has 0 radical (unpaired) electrons. The molecule has 6 nitrogen and oxygen atoms in total. The number of rotatable bonds is 17. The third-order valence-electron chi connectivity index (χ3n) is 5.42. The predicted molar refractivity (Wildman–Crippen MR) is 128 cm³/mol. The van der Waals surface area contributed by atoms with Crippen molar-refractivity contribution in [3.8, 4) is 11.4 Å². The van der Waals surface area contributed by atoms with Gasteiger partial charge in [0.15, 0.2) is 0 Å². The zero-order chi connectivity index (χ0) is 22.0. The summed E-state index contributed by atoms with van der Waals surface area (Å²) in [5.41, 5.74) is 1.59. The topological polar surface area (TPSA) is 83.6 Å². The molecule has 1 amide bonds. The number of H-pyrrole nitrogens is 1. The highest BCUT2D eigenvalue weighted by Crippen LogP contribution is 2.18. The first-order chi connectivity index (χ1) is 15.3. The summed E-state index contributed by atoms with van der Waals surface area (Å²) >= 11 is 0. The van der Waals surface area contributed by atoms with Crippen LogP contribution in [0.1, 0.15) is 96.8 Å². The number of aromatic amines is 1. The SMILES string of the molecule is CCCCCCCC/C=C\CCCCCCCC(=O)Nc1cccc(-c2nn[nH]n2)c1. The second-order valence-electron chi connectivity index (χ2n) is 8.20. The van der Waals surface area contributed by atoms with Crippen LogP contribution in [0.3, 0.4) is 0 Å². The van der Waals surface area contributed by atoms with Crippen LogP contribution in [0.4, 0.5) is 5.69 Å². The maximum atomic E-state index is 12.2. The Morgan fingerprint density at radius 3 is 2.29 bits per heavy atom. The minimum atomic E-state index is 0.0582. The molecule has 6 heteroatoms. The number of carbonyl (C=O) groups is 1. The van der Waals surface area contributed by atoms with E-state index in [1.165, 1.54) is 70.6 Å². The molecule has 2 aromatic rings. The lowest BCUT2D eigenvalue weighted by molar-refractivity contribution is -0.116. The quantitative estimate of drug-likeness (QED) is 0.215. The smallest absolute Gasteiger partial charge is 0.224 e. The van der Waals surface area contributed by atoms with E-state index in [4.69, 9.17) is 0 Å². The van der Waals surface area contributed by atoms with Crippen LogP contribution in [-0.4, -0.2) is 26.5 Å². The maximum Gasteiger partial charge on any atom is 0.224 e. The summed E-state index contributed by atoms with van der Waals surface area (Å²) in [4.78, 5) is 12.2. The number of unbranched alkanes of at least 4 members (excludes halogenated alkanes) is 11. The van der Waals surface area contributed by atoms with Crippen molar-refractivity contribution < 1.29 is 4.79 Å². The van der Waals surface area contributed by atoms with Crippen molar-refractivity contribution in [3.05, 3.63) is 36.4 Å². The van der Waals surface area contributed by atoms with Crippen molar-refractivity contribution in [1.82, 2.24) is 20.6 Å². The zero-order valence-corrected chi connectivity index (χ0v) is 19.1. The molecule has 0 spiro atoms. The summed E-state index contributed by atoms with van der Waals surface area (Å²) in [7, 11) is 0. The molecule has 170 valence electrons. The molecular weight excluding hydrogens is 386 g/mol. The van der Waals surface area contributed by atoms with Crippen molar-refractivity contribution >= 4 is 11.6 Å². The average molecular weight is 426 g/mol. The molecule has 0 bridgehead atoms. The fourth-order valence-corrected chi connectivity index (χ4v) is 3.60. The third kappa shape index (κ3) is 11.5. The van der Waals surface area contributed by atoms with Crippen LogP contribution in [0.2, 0.25) is 0 Å². The van der Waals surface area contributed by atoms with E-state index < -0.39 is 0 Å². The number of nitrogens with one attached hydrogen (secondary N) is 2. The molecule has 0 aliphatic rings. The predicted octanol–water partition coefficient (Wildman–Crippen LogP) is 6.84. The molecule has 2 N–H and O–H groups in total. The molecule has 0 saturated carbocycles. The molecule has 0 aliphatic carbocycles. The van der Waals surface area contributed by atoms with Gasteiger partial charge in [-0.1, -0.05) is 82.6 Å². The first kappa shape index (κ1) is 24.8. The van der Waals surface area contributed by atoms with Gasteiger partial charge < -0.3 is 5.32 Å². The van der Waals surface area contributed by atoms with E-state index in [0.29, 0.717) is 12.2 Å². The molecule has 2 rings (SSSR count). The number of benzene rings is 1. The number of aromatic nitrogens is 4. The van der Waals surface area contributed by atoms with Gasteiger partial charge >= 0.3 is 0 Å². The van der Waals surface area contributed by atoms with E-state index in [9.17, 15) is 4.79 Å². The van der Waals surface area contributed by atoms with Crippen LogP contribution < -0.4 is 5.32 Å². The van der Waals surface area contributed by atoms with Gasteiger partial charge in [0.1, 0.15) is 0 Å². The number of tetrazole rings is 1. The van der Waals surface area contributed by atoms with E-state index in [0.717, 1.165) is 24.1 Å². The van der Waals surface area contributed by atoms with Gasteiger partial charge in [0.05, 0.1) is 0 Å². The molecule has 1 heterocycles. The van der Waals surface area contributed by atoms with Gasteiger partial charge in [-0.2, -0.15) is 5.21 Å². The summed E-state index contributed by atoms with van der Waals surface area (Å²) in [6, 6.07) is 7.51.